The van der Waals surface area contributed by atoms with E-state index < -0.39 is 5.91 Å². The average Bonchev–Trinajstić information content (AvgIpc) is 3.27. The summed E-state index contributed by atoms with van der Waals surface area (Å²) in [4.78, 5) is 38.8. The predicted octanol–water partition coefficient (Wildman–Crippen LogP) is 4.65. The molecule has 0 saturated carbocycles. The number of likely N-dealkylation sites (N-methyl/N-ethyl adjacent to an activating group) is 1. The number of aliphatic imine (C=N–C) groups is 1. The zero-order chi connectivity index (χ0) is 25.1. The first-order chi connectivity index (χ1) is 16.7. The monoisotopic (exact) mass is 510 g/mol. The Morgan fingerprint density at radius 1 is 0.971 bits per heavy atom. The third-order valence-electron chi connectivity index (χ3n) is 5.48. The number of benzene rings is 2. The molecule has 0 bridgehead atoms. The second kappa shape index (κ2) is 10.3. The Morgan fingerprint density at radius 3 is 2.31 bits per heavy atom. The van der Waals surface area contributed by atoms with E-state index in [1.165, 1.54) is 12.3 Å². The number of amidine groups is 1. The van der Waals surface area contributed by atoms with E-state index in [-0.39, 0.29) is 11.5 Å². The summed E-state index contributed by atoms with van der Waals surface area (Å²) in [5.74, 6) is 0.387. The minimum Gasteiger partial charge on any atom is -0.376 e. The van der Waals surface area contributed by atoms with Gasteiger partial charge in [0.25, 0.3) is 11.8 Å². The Bertz CT molecular complexity index is 1290. The van der Waals surface area contributed by atoms with E-state index >= 15 is 0 Å². The molecule has 2 N–H and O–H groups in total. The molecule has 0 unspecified atom stereocenters. The zero-order valence-electron chi connectivity index (χ0n) is 19.5. The summed E-state index contributed by atoms with van der Waals surface area (Å²) in [6.45, 7) is 1.63. The number of anilines is 3. The van der Waals surface area contributed by atoms with Crippen molar-refractivity contribution in [1.29, 1.82) is 0 Å². The van der Waals surface area contributed by atoms with Crippen LogP contribution < -0.4 is 15.5 Å². The van der Waals surface area contributed by atoms with E-state index in [4.69, 9.17) is 23.2 Å². The van der Waals surface area contributed by atoms with Crippen LogP contribution in [-0.4, -0.2) is 61.8 Å². The summed E-state index contributed by atoms with van der Waals surface area (Å²) >= 11 is 12.2. The number of aromatic nitrogens is 1. The van der Waals surface area contributed by atoms with Crippen molar-refractivity contribution in [2.45, 2.75) is 0 Å². The molecule has 2 amide bonds. The Hall–Kier alpha value is -3.62. The molecule has 0 spiro atoms. The molecule has 0 atom stereocenters. The molecule has 1 aromatic heterocycles. The van der Waals surface area contributed by atoms with Gasteiger partial charge < -0.3 is 20.4 Å². The van der Waals surface area contributed by atoms with Gasteiger partial charge in [-0.3, -0.25) is 14.6 Å². The lowest BCUT2D eigenvalue weighted by molar-refractivity contribution is 0.102. The topological polar surface area (TPSA) is 89.9 Å². The normalized spacial score (nSPS) is 12.8. The van der Waals surface area contributed by atoms with Gasteiger partial charge in [-0.2, -0.15) is 0 Å². The van der Waals surface area contributed by atoms with E-state index in [9.17, 15) is 9.59 Å². The highest BCUT2D eigenvalue weighted by Gasteiger charge is 2.21. The van der Waals surface area contributed by atoms with E-state index in [2.05, 4.69) is 25.5 Å². The Balaban J connectivity index is 1.63. The summed E-state index contributed by atoms with van der Waals surface area (Å²) in [5.41, 5.74) is 2.50. The van der Waals surface area contributed by atoms with Crippen molar-refractivity contribution >= 4 is 58.0 Å². The molecule has 0 saturated heterocycles. The molecule has 2 heterocycles. The van der Waals surface area contributed by atoms with Crippen LogP contribution in [0.5, 0.6) is 0 Å². The SMILES string of the molecule is CN1CCN=C1c1ccc(C(=O)Nc2c(C(=O)Nc3ccc(Cl)cn3)cc(Cl)cc2N(C)C)cc1. The van der Waals surface area contributed by atoms with Gasteiger partial charge in [-0.05, 0) is 36.4 Å². The maximum atomic E-state index is 13.2. The number of carbonyl (C=O) groups is 2. The molecule has 0 radical (unpaired) electrons. The van der Waals surface area contributed by atoms with Gasteiger partial charge in [-0.15, -0.1) is 0 Å². The number of halogens is 2. The number of carbonyl (C=O) groups excluding carboxylic acids is 2. The van der Waals surface area contributed by atoms with Crippen LogP contribution in [0.15, 0.2) is 59.7 Å². The quantitative estimate of drug-likeness (QED) is 0.503. The van der Waals surface area contributed by atoms with Gasteiger partial charge in [0.05, 0.1) is 28.5 Å². The molecule has 180 valence electrons. The Kier molecular flexibility index (Phi) is 7.23. The van der Waals surface area contributed by atoms with Gasteiger partial charge in [-0.25, -0.2) is 4.98 Å². The van der Waals surface area contributed by atoms with Crippen LogP contribution in [0.3, 0.4) is 0 Å². The minimum absolute atomic E-state index is 0.199. The molecule has 2 aromatic carbocycles. The van der Waals surface area contributed by atoms with Crippen LogP contribution in [0.2, 0.25) is 10.0 Å². The van der Waals surface area contributed by atoms with E-state index in [0.29, 0.717) is 32.8 Å². The van der Waals surface area contributed by atoms with Gasteiger partial charge in [0.15, 0.2) is 0 Å². The summed E-state index contributed by atoms with van der Waals surface area (Å²) < 4.78 is 0. The second-order valence-corrected chi connectivity index (χ2v) is 9.09. The van der Waals surface area contributed by atoms with Crippen molar-refractivity contribution in [3.05, 3.63) is 81.5 Å². The molecular formula is C25H24Cl2N6O2. The van der Waals surface area contributed by atoms with E-state index in [0.717, 1.165) is 24.5 Å². The third-order valence-corrected chi connectivity index (χ3v) is 5.92. The summed E-state index contributed by atoms with van der Waals surface area (Å²) in [6, 6.07) is 13.6. The maximum Gasteiger partial charge on any atom is 0.259 e. The lowest BCUT2D eigenvalue weighted by Gasteiger charge is -2.21. The van der Waals surface area contributed by atoms with Crippen molar-refractivity contribution < 1.29 is 9.59 Å². The second-order valence-electron chi connectivity index (χ2n) is 8.22. The maximum absolute atomic E-state index is 13.2. The van der Waals surface area contributed by atoms with Crippen LogP contribution in [0, 0.1) is 0 Å². The lowest BCUT2D eigenvalue weighted by atomic mass is 10.1. The third kappa shape index (κ3) is 5.55. The van der Waals surface area contributed by atoms with Crippen molar-refractivity contribution in [3.8, 4) is 0 Å². The highest BCUT2D eigenvalue weighted by molar-refractivity contribution is 6.32. The van der Waals surface area contributed by atoms with Crippen LogP contribution in [-0.2, 0) is 0 Å². The first kappa shape index (κ1) is 24.5. The van der Waals surface area contributed by atoms with Gasteiger partial charge >= 0.3 is 0 Å². The van der Waals surface area contributed by atoms with Crippen molar-refractivity contribution in [2.24, 2.45) is 4.99 Å². The summed E-state index contributed by atoms with van der Waals surface area (Å²) in [5, 5.41) is 6.42. The van der Waals surface area contributed by atoms with E-state index in [1.807, 2.05) is 19.2 Å². The minimum atomic E-state index is -0.474. The molecule has 8 nitrogen and oxygen atoms in total. The lowest BCUT2D eigenvalue weighted by Crippen LogP contribution is -2.24. The largest absolute Gasteiger partial charge is 0.376 e. The number of rotatable bonds is 6. The number of amides is 2. The fourth-order valence-corrected chi connectivity index (χ4v) is 4.01. The molecular weight excluding hydrogens is 487 g/mol. The van der Waals surface area contributed by atoms with Gasteiger partial charge in [-0.1, -0.05) is 35.3 Å². The average molecular weight is 511 g/mol. The molecule has 0 aliphatic carbocycles. The number of pyridine rings is 1. The standard InChI is InChI=1S/C25H24Cl2N6O2/c1-32(2)20-13-18(27)12-19(25(35)30-21-9-8-17(26)14-29-21)22(20)31-24(34)16-6-4-15(5-7-16)23-28-10-11-33(23)3/h4-9,12-14H,10-11H2,1-3H3,(H,31,34)(H,29,30,35). The highest BCUT2D eigenvalue weighted by Crippen LogP contribution is 2.33. The first-order valence-electron chi connectivity index (χ1n) is 10.8. The molecule has 1 aliphatic heterocycles. The number of hydrogen-bond donors (Lipinski definition) is 2. The fourth-order valence-electron chi connectivity index (χ4n) is 3.69. The van der Waals surface area contributed by atoms with E-state index in [1.54, 1.807) is 49.3 Å². The molecule has 3 aromatic rings. The zero-order valence-corrected chi connectivity index (χ0v) is 21.0. The fraction of sp³-hybridized carbons (Fsp3) is 0.200. The van der Waals surface area contributed by atoms with Crippen molar-refractivity contribution in [2.75, 3.05) is 49.8 Å². The summed E-state index contributed by atoms with van der Waals surface area (Å²) in [7, 11) is 5.59. The van der Waals surface area contributed by atoms with Crippen LogP contribution in [0.25, 0.3) is 0 Å². The van der Waals surface area contributed by atoms with Gasteiger partial charge in [0.2, 0.25) is 0 Å². The van der Waals surface area contributed by atoms with Gasteiger partial charge in [0.1, 0.15) is 11.7 Å². The molecule has 35 heavy (non-hydrogen) atoms. The predicted molar refractivity (Wildman–Crippen MR) is 141 cm³/mol. The molecule has 0 fully saturated rings. The molecule has 4 rings (SSSR count). The first-order valence-corrected chi connectivity index (χ1v) is 11.6. The van der Waals surface area contributed by atoms with Crippen LogP contribution >= 0.6 is 23.2 Å². The Labute approximate surface area is 213 Å². The smallest absolute Gasteiger partial charge is 0.259 e. The van der Waals surface area contributed by atoms with Crippen LogP contribution in [0.1, 0.15) is 26.3 Å². The molecule has 1 aliphatic rings. The van der Waals surface area contributed by atoms with Crippen molar-refractivity contribution in [1.82, 2.24) is 9.88 Å². The number of nitrogens with zero attached hydrogens (tertiary/aromatic N) is 4. The number of nitrogens with one attached hydrogen (secondary N) is 2. The van der Waals surface area contributed by atoms with Gasteiger partial charge in [0, 0.05) is 50.0 Å². The number of hydrogen-bond acceptors (Lipinski definition) is 6. The Morgan fingerprint density at radius 2 is 1.71 bits per heavy atom. The van der Waals surface area contributed by atoms with Crippen LogP contribution in [0.4, 0.5) is 17.2 Å². The highest BCUT2D eigenvalue weighted by atomic mass is 35.5. The summed E-state index contributed by atoms with van der Waals surface area (Å²) in [6.07, 6.45) is 1.43. The molecule has 10 heteroatoms. The van der Waals surface area contributed by atoms with Crippen molar-refractivity contribution in [3.63, 3.8) is 0 Å².